The van der Waals surface area contributed by atoms with Crippen molar-refractivity contribution in [3.05, 3.63) is 64.5 Å². The molecule has 4 rings (SSSR count). The molecular formula is C20H20BrN3O2S2. The first kappa shape index (κ1) is 19.7. The molecule has 3 aromatic rings. The zero-order valence-corrected chi connectivity index (χ0v) is 18.4. The van der Waals surface area contributed by atoms with Gasteiger partial charge in [-0.3, -0.25) is 4.79 Å². The average molecular weight is 478 g/mol. The summed E-state index contributed by atoms with van der Waals surface area (Å²) in [6.07, 6.45) is 5.13. The van der Waals surface area contributed by atoms with Crippen molar-refractivity contribution in [2.45, 2.75) is 17.5 Å². The van der Waals surface area contributed by atoms with E-state index < -0.39 is 0 Å². The molecule has 0 unspecified atom stereocenters. The maximum Gasteiger partial charge on any atom is 0.258 e. The second-order valence-electron chi connectivity index (χ2n) is 6.41. The molecule has 0 radical (unpaired) electrons. The second-order valence-corrected chi connectivity index (χ2v) is 10.0. The highest BCUT2D eigenvalue weighted by molar-refractivity contribution is 9.10. The largest absolute Gasteiger partial charge is 0.484 e. The first-order valence-electron chi connectivity index (χ1n) is 9.03. The van der Waals surface area contributed by atoms with Crippen molar-refractivity contribution in [2.24, 2.45) is 0 Å². The van der Waals surface area contributed by atoms with Crippen LogP contribution in [0.15, 0.2) is 53.3 Å². The number of rotatable bonds is 6. The summed E-state index contributed by atoms with van der Waals surface area (Å²) in [6, 6.07) is 11.9. The first-order valence-corrected chi connectivity index (χ1v) is 11.9. The standard InChI is InChI=1S/C20H20BrN3O2S2/c21-15-4-7-18-23-16(12-24(18)11-15)10-22-19(25)13-26-17-5-2-14(3-6-17)20-27-8-1-9-28-20/h2-7,11-12,20H,1,8-10,13H2,(H,22,25). The molecule has 0 aliphatic carbocycles. The zero-order chi connectivity index (χ0) is 19.3. The summed E-state index contributed by atoms with van der Waals surface area (Å²) in [5.41, 5.74) is 2.96. The molecule has 1 aliphatic rings. The highest BCUT2D eigenvalue weighted by Gasteiger charge is 2.16. The van der Waals surface area contributed by atoms with E-state index in [1.165, 1.54) is 23.5 Å². The third kappa shape index (κ3) is 5.04. The summed E-state index contributed by atoms with van der Waals surface area (Å²) in [5, 5.41) is 2.85. The molecule has 1 fully saturated rings. The smallest absolute Gasteiger partial charge is 0.258 e. The predicted octanol–water partition coefficient (Wildman–Crippen LogP) is 4.66. The minimum atomic E-state index is -0.166. The number of nitrogens with zero attached hydrogens (tertiary/aromatic N) is 2. The van der Waals surface area contributed by atoms with Gasteiger partial charge in [0.15, 0.2) is 6.61 Å². The van der Waals surface area contributed by atoms with Gasteiger partial charge in [-0.15, -0.1) is 23.5 Å². The number of pyridine rings is 1. The predicted molar refractivity (Wildman–Crippen MR) is 119 cm³/mol. The second kappa shape index (κ2) is 9.24. The third-order valence-electron chi connectivity index (χ3n) is 4.28. The number of halogens is 1. The number of thioether (sulfide) groups is 2. The number of nitrogens with one attached hydrogen (secondary N) is 1. The molecule has 1 aliphatic heterocycles. The Labute approximate surface area is 180 Å². The molecule has 1 amide bonds. The number of hydrogen-bond acceptors (Lipinski definition) is 5. The average Bonchev–Trinajstić information content (AvgIpc) is 3.14. The molecule has 1 saturated heterocycles. The zero-order valence-electron chi connectivity index (χ0n) is 15.1. The normalized spacial score (nSPS) is 14.9. The summed E-state index contributed by atoms with van der Waals surface area (Å²) >= 11 is 7.43. The van der Waals surface area contributed by atoms with Gasteiger partial charge in [-0.05, 0) is 63.7 Å². The van der Waals surface area contributed by atoms with Crippen molar-refractivity contribution in [1.29, 1.82) is 0 Å². The van der Waals surface area contributed by atoms with E-state index in [9.17, 15) is 4.79 Å². The van der Waals surface area contributed by atoms with E-state index in [0.717, 1.165) is 15.8 Å². The summed E-state index contributed by atoms with van der Waals surface area (Å²) in [6.45, 7) is 0.363. The quantitative estimate of drug-likeness (QED) is 0.559. The van der Waals surface area contributed by atoms with E-state index in [4.69, 9.17) is 4.74 Å². The van der Waals surface area contributed by atoms with E-state index in [1.807, 2.05) is 64.6 Å². The number of aromatic nitrogens is 2. The first-order chi connectivity index (χ1) is 13.7. The fraction of sp³-hybridized carbons (Fsp3) is 0.300. The molecule has 0 bridgehead atoms. The minimum Gasteiger partial charge on any atom is -0.484 e. The van der Waals surface area contributed by atoms with Crippen LogP contribution in [0.25, 0.3) is 5.65 Å². The SMILES string of the molecule is O=C(COc1ccc(C2SCCCS2)cc1)NCc1cn2cc(Br)ccc2n1. The van der Waals surface area contributed by atoms with E-state index in [-0.39, 0.29) is 12.5 Å². The number of amides is 1. The third-order valence-corrected chi connectivity index (χ3v) is 7.77. The van der Waals surface area contributed by atoms with E-state index in [2.05, 4.69) is 38.4 Å². The maximum absolute atomic E-state index is 12.1. The molecule has 3 heterocycles. The molecule has 0 saturated carbocycles. The monoisotopic (exact) mass is 477 g/mol. The summed E-state index contributed by atoms with van der Waals surface area (Å²) in [5.74, 6) is 2.99. The highest BCUT2D eigenvalue weighted by atomic mass is 79.9. The van der Waals surface area contributed by atoms with Gasteiger partial charge < -0.3 is 14.5 Å². The molecule has 1 N–H and O–H groups in total. The van der Waals surface area contributed by atoms with Crippen LogP contribution in [0, 0.1) is 0 Å². The molecule has 0 spiro atoms. The molecule has 0 atom stereocenters. The van der Waals surface area contributed by atoms with Gasteiger partial charge in [-0.1, -0.05) is 12.1 Å². The Morgan fingerprint density at radius 2 is 1.96 bits per heavy atom. The Kier molecular flexibility index (Phi) is 6.49. The Balaban J connectivity index is 1.25. The Hall–Kier alpha value is -1.64. The molecule has 5 nitrogen and oxygen atoms in total. The molecule has 1 aromatic carbocycles. The van der Waals surface area contributed by atoms with Gasteiger partial charge in [-0.2, -0.15) is 0 Å². The van der Waals surface area contributed by atoms with Crippen molar-refractivity contribution < 1.29 is 9.53 Å². The van der Waals surface area contributed by atoms with Crippen LogP contribution >= 0.6 is 39.5 Å². The van der Waals surface area contributed by atoms with Crippen molar-refractivity contribution in [2.75, 3.05) is 18.1 Å². The van der Waals surface area contributed by atoms with Crippen molar-refractivity contribution in [3.63, 3.8) is 0 Å². The lowest BCUT2D eigenvalue weighted by molar-refractivity contribution is -0.123. The molecular weight excluding hydrogens is 458 g/mol. The van der Waals surface area contributed by atoms with E-state index >= 15 is 0 Å². The van der Waals surface area contributed by atoms with Crippen molar-refractivity contribution >= 4 is 51.0 Å². The van der Waals surface area contributed by atoms with Gasteiger partial charge in [0.2, 0.25) is 0 Å². The van der Waals surface area contributed by atoms with Crippen LogP contribution in [0.5, 0.6) is 5.75 Å². The van der Waals surface area contributed by atoms with Gasteiger partial charge in [0.25, 0.3) is 5.91 Å². The number of ether oxygens (including phenoxy) is 1. The van der Waals surface area contributed by atoms with Gasteiger partial charge in [0.05, 0.1) is 16.8 Å². The number of hydrogen-bond donors (Lipinski definition) is 1. The lowest BCUT2D eigenvalue weighted by Crippen LogP contribution is -2.28. The number of carbonyl (C=O) groups excluding carboxylic acids is 1. The molecule has 28 heavy (non-hydrogen) atoms. The van der Waals surface area contributed by atoms with Gasteiger partial charge >= 0.3 is 0 Å². The topological polar surface area (TPSA) is 55.6 Å². The van der Waals surface area contributed by atoms with Gasteiger partial charge in [0.1, 0.15) is 11.4 Å². The maximum atomic E-state index is 12.1. The molecule has 146 valence electrons. The number of benzene rings is 1. The number of carbonyl (C=O) groups is 1. The number of imidazole rings is 1. The molecule has 8 heteroatoms. The van der Waals surface area contributed by atoms with Gasteiger partial charge in [-0.25, -0.2) is 4.98 Å². The fourth-order valence-electron chi connectivity index (χ4n) is 2.89. The lowest BCUT2D eigenvalue weighted by atomic mass is 10.2. The number of fused-ring (bicyclic) bond motifs is 1. The highest BCUT2D eigenvalue weighted by Crippen LogP contribution is 2.43. The Morgan fingerprint density at radius 3 is 2.75 bits per heavy atom. The summed E-state index contributed by atoms with van der Waals surface area (Å²) in [7, 11) is 0. The van der Waals surface area contributed by atoms with Crippen LogP contribution in [0.1, 0.15) is 22.3 Å². The summed E-state index contributed by atoms with van der Waals surface area (Å²) in [4.78, 5) is 16.6. The van der Waals surface area contributed by atoms with Crippen LogP contribution in [-0.2, 0) is 11.3 Å². The fourth-order valence-corrected chi connectivity index (χ4v) is 6.14. The van der Waals surface area contributed by atoms with Crippen molar-refractivity contribution in [3.8, 4) is 5.75 Å². The van der Waals surface area contributed by atoms with Crippen molar-refractivity contribution in [1.82, 2.24) is 14.7 Å². The summed E-state index contributed by atoms with van der Waals surface area (Å²) < 4.78 is 9.03. The van der Waals surface area contributed by atoms with Gasteiger partial charge in [0, 0.05) is 16.9 Å². The van der Waals surface area contributed by atoms with Crippen LogP contribution in [-0.4, -0.2) is 33.4 Å². The van der Waals surface area contributed by atoms with E-state index in [1.54, 1.807) is 0 Å². The minimum absolute atomic E-state index is 0.00874. The van der Waals surface area contributed by atoms with Crippen LogP contribution < -0.4 is 10.1 Å². The Morgan fingerprint density at radius 1 is 1.18 bits per heavy atom. The van der Waals surface area contributed by atoms with Crippen LogP contribution in [0.2, 0.25) is 0 Å². The lowest BCUT2D eigenvalue weighted by Gasteiger charge is -2.21. The molecule has 2 aromatic heterocycles. The van der Waals surface area contributed by atoms with E-state index in [0.29, 0.717) is 16.9 Å². The van der Waals surface area contributed by atoms with Crippen LogP contribution in [0.4, 0.5) is 0 Å². The Bertz CT molecular complexity index is 956. The van der Waals surface area contributed by atoms with Crippen LogP contribution in [0.3, 0.4) is 0 Å².